The maximum atomic E-state index is 11.2. The van der Waals surface area contributed by atoms with Crippen molar-refractivity contribution < 1.29 is 14.3 Å². The van der Waals surface area contributed by atoms with E-state index >= 15 is 0 Å². The van der Waals surface area contributed by atoms with Crippen molar-refractivity contribution in [3.8, 4) is 0 Å². The van der Waals surface area contributed by atoms with Crippen LogP contribution < -0.4 is 0 Å². The molecule has 1 rings (SSSR count). The number of methoxy groups -OCH3 is 1. The average molecular weight is 203 g/mol. The van der Waals surface area contributed by atoms with Gasteiger partial charge in [-0.25, -0.2) is 9.59 Å². The molecule has 0 saturated heterocycles. The van der Waals surface area contributed by atoms with Gasteiger partial charge in [-0.15, -0.1) is 0 Å². The molecule has 0 aliphatic carbocycles. The molecule has 76 valence electrons. The second-order valence-electron chi connectivity index (χ2n) is 2.69. The third-order valence-corrected chi connectivity index (χ3v) is 1.83. The van der Waals surface area contributed by atoms with Crippen LogP contribution in [0.3, 0.4) is 0 Å². The van der Waals surface area contributed by atoms with Crippen molar-refractivity contribution in [3.63, 3.8) is 0 Å². The van der Waals surface area contributed by atoms with Gasteiger partial charge in [-0.1, -0.05) is 24.8 Å². The summed E-state index contributed by atoms with van der Waals surface area (Å²) in [5, 5.41) is 0. The molecule has 0 saturated carbocycles. The minimum absolute atomic E-state index is 0.159. The third kappa shape index (κ3) is 2.39. The fourth-order valence-corrected chi connectivity index (χ4v) is 1.11. The van der Waals surface area contributed by atoms with Crippen molar-refractivity contribution in [2.45, 2.75) is 0 Å². The molecule has 4 heteroatoms. The molecular weight excluding hydrogens is 194 g/mol. The highest BCUT2D eigenvalue weighted by Crippen LogP contribution is 2.25. The number of aliphatic imine (C=N–C) groups is 1. The van der Waals surface area contributed by atoms with Crippen LogP contribution in [0, 0.1) is 0 Å². The van der Waals surface area contributed by atoms with E-state index in [0.29, 0.717) is 11.3 Å². The first kappa shape index (κ1) is 10.9. The van der Waals surface area contributed by atoms with Crippen LogP contribution in [0.15, 0.2) is 35.8 Å². The largest absolute Gasteiger partial charge is 0.465 e. The van der Waals surface area contributed by atoms with Crippen molar-refractivity contribution in [1.29, 1.82) is 0 Å². The molecule has 0 bridgehead atoms. The maximum absolute atomic E-state index is 11.2. The number of carbonyl (C=O) groups excluding carboxylic acids is 2. The number of hydrogen-bond acceptors (Lipinski definition) is 4. The van der Waals surface area contributed by atoms with E-state index in [1.54, 1.807) is 24.3 Å². The molecule has 0 unspecified atom stereocenters. The number of nitrogens with zero attached hydrogens (tertiary/aromatic N) is 1. The Kier molecular flexibility index (Phi) is 3.55. The second-order valence-corrected chi connectivity index (χ2v) is 2.69. The lowest BCUT2D eigenvalue weighted by Gasteiger charge is -2.05. The molecule has 1 aromatic rings. The van der Waals surface area contributed by atoms with Crippen LogP contribution in [-0.4, -0.2) is 19.2 Å². The van der Waals surface area contributed by atoms with E-state index in [1.807, 2.05) is 0 Å². The SMILES string of the molecule is C=C(C(=O)OC)c1ccccc1N=C=O. The predicted molar refractivity (Wildman–Crippen MR) is 55.3 cm³/mol. The molecule has 4 nitrogen and oxygen atoms in total. The van der Waals surface area contributed by atoms with Gasteiger partial charge in [0.2, 0.25) is 6.08 Å². The van der Waals surface area contributed by atoms with Crippen LogP contribution in [0.25, 0.3) is 5.57 Å². The molecule has 0 fully saturated rings. The van der Waals surface area contributed by atoms with Crippen LogP contribution in [0.2, 0.25) is 0 Å². The van der Waals surface area contributed by atoms with Gasteiger partial charge in [0.25, 0.3) is 0 Å². The van der Waals surface area contributed by atoms with Crippen molar-refractivity contribution in [1.82, 2.24) is 0 Å². The number of isocyanates is 1. The van der Waals surface area contributed by atoms with Gasteiger partial charge in [-0.3, -0.25) is 0 Å². The lowest BCUT2D eigenvalue weighted by molar-refractivity contribution is -0.133. The predicted octanol–water partition coefficient (Wildman–Crippen LogP) is 1.84. The highest BCUT2D eigenvalue weighted by atomic mass is 16.5. The summed E-state index contributed by atoms with van der Waals surface area (Å²) >= 11 is 0. The Bertz CT molecular complexity index is 445. The molecule has 0 aliphatic heterocycles. The van der Waals surface area contributed by atoms with Gasteiger partial charge < -0.3 is 4.74 Å². The molecule has 0 atom stereocenters. The Balaban J connectivity index is 3.19. The van der Waals surface area contributed by atoms with E-state index in [0.717, 1.165) is 0 Å². The minimum Gasteiger partial charge on any atom is -0.465 e. The number of ether oxygens (including phenoxy) is 1. The first-order valence-electron chi connectivity index (χ1n) is 4.15. The molecule has 15 heavy (non-hydrogen) atoms. The summed E-state index contributed by atoms with van der Waals surface area (Å²) in [6.07, 6.45) is 1.42. The van der Waals surface area contributed by atoms with Gasteiger partial charge in [0, 0.05) is 5.56 Å². The molecule has 1 aromatic carbocycles. The Morgan fingerprint density at radius 2 is 2.13 bits per heavy atom. The lowest BCUT2D eigenvalue weighted by Crippen LogP contribution is -2.02. The van der Waals surface area contributed by atoms with Crippen molar-refractivity contribution in [2.75, 3.05) is 7.11 Å². The number of rotatable bonds is 3. The first-order chi connectivity index (χ1) is 7.20. The fourth-order valence-electron chi connectivity index (χ4n) is 1.11. The quantitative estimate of drug-likeness (QED) is 0.326. The van der Waals surface area contributed by atoms with E-state index in [-0.39, 0.29) is 5.57 Å². The van der Waals surface area contributed by atoms with Gasteiger partial charge >= 0.3 is 5.97 Å². The number of esters is 1. The average Bonchev–Trinajstić information content (AvgIpc) is 2.28. The summed E-state index contributed by atoms with van der Waals surface area (Å²) in [6.45, 7) is 3.57. The Labute approximate surface area is 86.9 Å². The number of hydrogen-bond donors (Lipinski definition) is 0. The van der Waals surface area contributed by atoms with E-state index < -0.39 is 5.97 Å². The summed E-state index contributed by atoms with van der Waals surface area (Å²) in [6, 6.07) is 6.64. The van der Waals surface area contributed by atoms with Gasteiger partial charge in [-0.05, 0) is 6.07 Å². The van der Waals surface area contributed by atoms with E-state index in [1.165, 1.54) is 13.2 Å². The zero-order chi connectivity index (χ0) is 11.3. The van der Waals surface area contributed by atoms with E-state index in [9.17, 15) is 9.59 Å². The van der Waals surface area contributed by atoms with Gasteiger partial charge in [0.05, 0.1) is 18.4 Å². The summed E-state index contributed by atoms with van der Waals surface area (Å²) in [5.41, 5.74) is 0.975. The summed E-state index contributed by atoms with van der Waals surface area (Å²) in [7, 11) is 1.26. The zero-order valence-corrected chi connectivity index (χ0v) is 8.19. The van der Waals surface area contributed by atoms with Crippen LogP contribution in [0.5, 0.6) is 0 Å². The molecule has 0 amide bonds. The van der Waals surface area contributed by atoms with E-state index in [4.69, 9.17) is 0 Å². The molecule has 0 aliphatic rings. The summed E-state index contributed by atoms with van der Waals surface area (Å²) in [5.74, 6) is -0.552. The maximum Gasteiger partial charge on any atom is 0.337 e. The topological polar surface area (TPSA) is 55.7 Å². The van der Waals surface area contributed by atoms with Gasteiger partial charge in [0.15, 0.2) is 0 Å². The standard InChI is InChI=1S/C11H9NO3/c1-8(11(14)15-2)9-5-3-4-6-10(9)12-7-13/h3-6H,1H2,2H3. The molecule has 0 spiro atoms. The van der Waals surface area contributed by atoms with Crippen LogP contribution in [-0.2, 0) is 14.3 Å². The smallest absolute Gasteiger partial charge is 0.337 e. The minimum atomic E-state index is -0.552. The molecule has 0 radical (unpaired) electrons. The van der Waals surface area contributed by atoms with Crippen LogP contribution in [0.1, 0.15) is 5.56 Å². The third-order valence-electron chi connectivity index (χ3n) is 1.83. The second kappa shape index (κ2) is 4.88. The highest BCUT2D eigenvalue weighted by Gasteiger charge is 2.12. The Morgan fingerprint density at radius 3 is 2.73 bits per heavy atom. The normalized spacial score (nSPS) is 8.87. The molecular formula is C11H9NO3. The fraction of sp³-hybridized carbons (Fsp3) is 0.0909. The Hall–Kier alpha value is -2.19. The van der Waals surface area contributed by atoms with Gasteiger partial charge in [-0.2, -0.15) is 4.99 Å². The van der Waals surface area contributed by atoms with E-state index in [2.05, 4.69) is 16.3 Å². The lowest BCUT2D eigenvalue weighted by atomic mass is 10.1. The van der Waals surface area contributed by atoms with Crippen molar-refractivity contribution in [3.05, 3.63) is 36.4 Å². The first-order valence-corrected chi connectivity index (χ1v) is 4.15. The molecule has 0 N–H and O–H groups in total. The highest BCUT2D eigenvalue weighted by molar-refractivity contribution is 6.17. The van der Waals surface area contributed by atoms with Crippen molar-refractivity contribution in [2.24, 2.45) is 4.99 Å². The summed E-state index contributed by atoms with van der Waals surface area (Å²) in [4.78, 5) is 24.8. The van der Waals surface area contributed by atoms with Crippen molar-refractivity contribution >= 4 is 23.3 Å². The Morgan fingerprint density at radius 1 is 1.47 bits per heavy atom. The monoisotopic (exact) mass is 203 g/mol. The number of para-hydroxylation sites is 1. The number of carbonyl (C=O) groups is 1. The van der Waals surface area contributed by atoms with Crippen LogP contribution in [0.4, 0.5) is 5.69 Å². The molecule has 0 aromatic heterocycles. The summed E-state index contributed by atoms with van der Waals surface area (Å²) < 4.78 is 4.52. The zero-order valence-electron chi connectivity index (χ0n) is 8.19. The van der Waals surface area contributed by atoms with Crippen LogP contribution >= 0.6 is 0 Å². The number of benzene rings is 1. The van der Waals surface area contributed by atoms with Gasteiger partial charge in [0.1, 0.15) is 0 Å². The molecule has 0 heterocycles.